The van der Waals surface area contributed by atoms with Gasteiger partial charge in [0.1, 0.15) is 0 Å². The zero-order valence-corrected chi connectivity index (χ0v) is 14.0. The molecule has 0 aromatic carbocycles. The van der Waals surface area contributed by atoms with Gasteiger partial charge in [0.05, 0.1) is 0 Å². The highest BCUT2D eigenvalue weighted by Crippen LogP contribution is 2.28. The Hall–Kier alpha value is -1.03. The fourth-order valence-electron chi connectivity index (χ4n) is 3.94. The van der Waals surface area contributed by atoms with Gasteiger partial charge in [0.2, 0.25) is 0 Å². The van der Waals surface area contributed by atoms with Gasteiger partial charge in [0.25, 0.3) is 0 Å². The van der Waals surface area contributed by atoms with Crippen LogP contribution in [-0.2, 0) is 0 Å². The summed E-state index contributed by atoms with van der Waals surface area (Å²) in [4.78, 5) is 12.1. The standard InChI is InChI=1S/C17H31N3O/c1-16(2)10-14(11-17(3,4)20-16)19-15(21)18-12-13-8-6-5-7-9-13/h5-6,13-14,20H,7-12H2,1-4H3,(H2,18,19,21). The summed E-state index contributed by atoms with van der Waals surface area (Å²) >= 11 is 0. The van der Waals surface area contributed by atoms with Crippen LogP contribution in [-0.4, -0.2) is 29.7 Å². The van der Waals surface area contributed by atoms with Gasteiger partial charge in [-0.2, -0.15) is 0 Å². The van der Waals surface area contributed by atoms with Crippen molar-refractivity contribution in [2.75, 3.05) is 6.54 Å². The fourth-order valence-corrected chi connectivity index (χ4v) is 3.94. The van der Waals surface area contributed by atoms with E-state index in [4.69, 9.17) is 0 Å². The summed E-state index contributed by atoms with van der Waals surface area (Å²) in [6.07, 6.45) is 9.82. The van der Waals surface area contributed by atoms with Crippen molar-refractivity contribution in [1.29, 1.82) is 0 Å². The first-order valence-electron chi connectivity index (χ1n) is 8.24. The number of piperidine rings is 1. The average Bonchev–Trinajstić information content (AvgIpc) is 2.33. The normalized spacial score (nSPS) is 28.1. The first kappa shape index (κ1) is 16.3. The number of hydrogen-bond acceptors (Lipinski definition) is 2. The molecule has 1 aliphatic heterocycles. The number of carbonyl (C=O) groups excluding carboxylic acids is 1. The van der Waals surface area contributed by atoms with Gasteiger partial charge in [0, 0.05) is 23.7 Å². The Balaban J connectivity index is 1.77. The van der Waals surface area contributed by atoms with E-state index < -0.39 is 0 Å². The molecule has 2 amide bonds. The molecule has 0 spiro atoms. The van der Waals surface area contributed by atoms with Crippen LogP contribution in [0.25, 0.3) is 0 Å². The zero-order valence-electron chi connectivity index (χ0n) is 14.0. The molecule has 120 valence electrons. The molecule has 1 unspecified atom stereocenters. The van der Waals surface area contributed by atoms with Crippen molar-refractivity contribution >= 4 is 6.03 Å². The zero-order chi connectivity index (χ0) is 15.5. The van der Waals surface area contributed by atoms with Crippen molar-refractivity contribution in [3.63, 3.8) is 0 Å². The van der Waals surface area contributed by atoms with Crippen LogP contribution in [0.4, 0.5) is 4.79 Å². The SMILES string of the molecule is CC1(C)CC(NC(=O)NCC2CC=CCC2)CC(C)(C)N1. The molecule has 0 bridgehead atoms. The second-order valence-corrected chi connectivity index (χ2v) is 8.00. The van der Waals surface area contributed by atoms with E-state index in [-0.39, 0.29) is 23.2 Å². The highest BCUT2D eigenvalue weighted by atomic mass is 16.2. The summed E-state index contributed by atoms with van der Waals surface area (Å²) in [5, 5.41) is 9.85. The van der Waals surface area contributed by atoms with Crippen molar-refractivity contribution < 1.29 is 4.79 Å². The summed E-state index contributed by atoms with van der Waals surface area (Å²) in [7, 11) is 0. The third kappa shape index (κ3) is 5.34. The Bertz CT molecular complexity index is 385. The average molecular weight is 293 g/mol. The number of hydrogen-bond donors (Lipinski definition) is 3. The van der Waals surface area contributed by atoms with Gasteiger partial charge in [-0.15, -0.1) is 0 Å². The van der Waals surface area contributed by atoms with E-state index in [2.05, 4.69) is 55.8 Å². The van der Waals surface area contributed by atoms with Crippen molar-refractivity contribution in [1.82, 2.24) is 16.0 Å². The molecule has 4 nitrogen and oxygen atoms in total. The first-order chi connectivity index (χ1) is 9.76. The summed E-state index contributed by atoms with van der Waals surface area (Å²) < 4.78 is 0. The lowest BCUT2D eigenvalue weighted by atomic mass is 9.80. The molecule has 0 aromatic rings. The van der Waals surface area contributed by atoms with Crippen molar-refractivity contribution in [3.8, 4) is 0 Å². The van der Waals surface area contributed by atoms with E-state index >= 15 is 0 Å². The van der Waals surface area contributed by atoms with Gasteiger partial charge < -0.3 is 16.0 Å². The van der Waals surface area contributed by atoms with Gasteiger partial charge >= 0.3 is 6.03 Å². The van der Waals surface area contributed by atoms with Crippen LogP contribution in [0.3, 0.4) is 0 Å². The third-order valence-electron chi connectivity index (χ3n) is 4.45. The monoisotopic (exact) mass is 293 g/mol. The Kier molecular flexibility index (Phi) is 4.97. The largest absolute Gasteiger partial charge is 0.338 e. The lowest BCUT2D eigenvalue weighted by molar-refractivity contribution is 0.147. The summed E-state index contributed by atoms with van der Waals surface area (Å²) in [5.74, 6) is 0.599. The molecule has 1 saturated heterocycles. The molecule has 0 aromatic heterocycles. The molecular weight excluding hydrogens is 262 g/mol. The van der Waals surface area contributed by atoms with E-state index in [0.29, 0.717) is 5.92 Å². The minimum Gasteiger partial charge on any atom is -0.338 e. The first-order valence-corrected chi connectivity index (χ1v) is 8.24. The van der Waals surface area contributed by atoms with Gasteiger partial charge in [-0.05, 0) is 65.7 Å². The fraction of sp³-hybridized carbons (Fsp3) is 0.824. The molecule has 3 N–H and O–H groups in total. The van der Waals surface area contributed by atoms with Crippen LogP contribution in [0.1, 0.15) is 59.8 Å². The van der Waals surface area contributed by atoms with E-state index in [1.54, 1.807) is 0 Å². The number of allylic oxidation sites excluding steroid dienone is 2. The minimum absolute atomic E-state index is 0.0111. The molecule has 2 aliphatic rings. The van der Waals surface area contributed by atoms with Crippen LogP contribution in [0.2, 0.25) is 0 Å². The lowest BCUT2D eigenvalue weighted by Crippen LogP contribution is -2.62. The number of amides is 2. The van der Waals surface area contributed by atoms with Gasteiger partial charge in [-0.1, -0.05) is 12.2 Å². The van der Waals surface area contributed by atoms with Crippen LogP contribution in [0.15, 0.2) is 12.2 Å². The van der Waals surface area contributed by atoms with Gasteiger partial charge in [-0.25, -0.2) is 4.79 Å². The van der Waals surface area contributed by atoms with Gasteiger partial charge in [-0.3, -0.25) is 0 Å². The van der Waals surface area contributed by atoms with E-state index in [0.717, 1.165) is 32.2 Å². The molecule has 1 atom stereocenters. The predicted octanol–water partition coefficient (Wildman–Crippen LogP) is 2.95. The van der Waals surface area contributed by atoms with E-state index in [1.165, 1.54) is 6.42 Å². The van der Waals surface area contributed by atoms with Crippen molar-refractivity contribution in [3.05, 3.63) is 12.2 Å². The maximum Gasteiger partial charge on any atom is 0.315 e. The second-order valence-electron chi connectivity index (χ2n) is 8.00. The highest BCUT2D eigenvalue weighted by molar-refractivity contribution is 5.74. The topological polar surface area (TPSA) is 53.2 Å². The highest BCUT2D eigenvalue weighted by Gasteiger charge is 2.38. The number of urea groups is 1. The van der Waals surface area contributed by atoms with Gasteiger partial charge in [0.15, 0.2) is 0 Å². The third-order valence-corrected chi connectivity index (χ3v) is 4.45. The Morgan fingerprint density at radius 1 is 1.19 bits per heavy atom. The maximum absolute atomic E-state index is 12.1. The molecule has 1 fully saturated rings. The quantitative estimate of drug-likeness (QED) is 0.701. The van der Waals surface area contributed by atoms with Crippen LogP contribution >= 0.6 is 0 Å². The molecular formula is C17H31N3O. The minimum atomic E-state index is -0.0111. The molecule has 2 rings (SSSR count). The van der Waals surface area contributed by atoms with Crippen LogP contribution < -0.4 is 16.0 Å². The predicted molar refractivity (Wildman–Crippen MR) is 87.3 cm³/mol. The lowest BCUT2D eigenvalue weighted by Gasteiger charge is -2.46. The molecule has 0 radical (unpaired) electrons. The Morgan fingerprint density at radius 2 is 1.86 bits per heavy atom. The number of nitrogens with one attached hydrogen (secondary N) is 3. The molecule has 1 heterocycles. The van der Waals surface area contributed by atoms with Crippen LogP contribution in [0.5, 0.6) is 0 Å². The molecule has 0 saturated carbocycles. The molecule has 1 aliphatic carbocycles. The smallest absolute Gasteiger partial charge is 0.315 e. The van der Waals surface area contributed by atoms with Crippen molar-refractivity contribution in [2.45, 2.75) is 76.9 Å². The number of carbonyl (C=O) groups is 1. The summed E-state index contributed by atoms with van der Waals surface area (Å²) in [6, 6.07) is 0.227. The van der Waals surface area contributed by atoms with E-state index in [1.807, 2.05) is 0 Å². The van der Waals surface area contributed by atoms with E-state index in [9.17, 15) is 4.79 Å². The maximum atomic E-state index is 12.1. The Morgan fingerprint density at radius 3 is 2.43 bits per heavy atom. The van der Waals surface area contributed by atoms with Crippen molar-refractivity contribution in [2.24, 2.45) is 5.92 Å². The van der Waals surface area contributed by atoms with Crippen LogP contribution in [0, 0.1) is 5.92 Å². The second kappa shape index (κ2) is 6.39. The molecule has 4 heteroatoms. The molecule has 21 heavy (non-hydrogen) atoms. The Labute approximate surface area is 129 Å². The summed E-state index contributed by atoms with van der Waals surface area (Å²) in [5.41, 5.74) is 0.127. The summed E-state index contributed by atoms with van der Waals surface area (Å²) in [6.45, 7) is 9.60. The number of rotatable bonds is 3.